The third-order valence-corrected chi connectivity index (χ3v) is 3.27. The fourth-order valence-electron chi connectivity index (χ4n) is 2.37. The largest absolute Gasteiger partial charge is 0.507 e. The molecule has 3 aromatic carbocycles. The van der Waals surface area contributed by atoms with Crippen molar-refractivity contribution >= 4 is 10.8 Å². The van der Waals surface area contributed by atoms with Crippen LogP contribution in [0.5, 0.6) is 5.75 Å². The number of aryl methyl sites for hydroxylation is 1. The number of hydrogen-bond acceptors (Lipinski definition) is 1. The molecular weight excluding hydrogens is 220 g/mol. The molecule has 3 rings (SSSR count). The number of phenolic OH excluding ortho intramolecular Hbond substituents is 1. The summed E-state index contributed by atoms with van der Waals surface area (Å²) in [6.07, 6.45) is 0. The Bertz CT molecular complexity index is 699. The van der Waals surface area contributed by atoms with Crippen molar-refractivity contribution in [3.05, 3.63) is 66.2 Å². The minimum Gasteiger partial charge on any atom is -0.507 e. The lowest BCUT2D eigenvalue weighted by molar-refractivity contribution is 0.474. The fourth-order valence-corrected chi connectivity index (χ4v) is 2.37. The van der Waals surface area contributed by atoms with Crippen LogP contribution >= 0.6 is 0 Å². The smallest absolute Gasteiger partial charge is 0.126 e. The standard InChI is InChI=1S/C17H14O/c1-12-11-14-9-5-6-10-15(14)16(17(12)18)13-7-3-2-4-8-13/h2-11,18H,1H3. The molecule has 0 saturated carbocycles. The molecule has 0 amide bonds. The molecular formula is C17H14O. The van der Waals surface area contributed by atoms with Crippen molar-refractivity contribution < 1.29 is 5.11 Å². The Hall–Kier alpha value is -2.28. The van der Waals surface area contributed by atoms with Crippen LogP contribution in [-0.4, -0.2) is 5.11 Å². The van der Waals surface area contributed by atoms with Gasteiger partial charge in [-0.1, -0.05) is 54.6 Å². The number of hydrogen-bond donors (Lipinski definition) is 1. The lowest BCUT2D eigenvalue weighted by atomic mass is 9.95. The number of rotatable bonds is 1. The molecule has 0 fully saturated rings. The second-order valence-corrected chi connectivity index (χ2v) is 4.50. The van der Waals surface area contributed by atoms with Crippen LogP contribution in [-0.2, 0) is 0 Å². The van der Waals surface area contributed by atoms with Gasteiger partial charge in [-0.25, -0.2) is 0 Å². The van der Waals surface area contributed by atoms with Crippen molar-refractivity contribution in [2.75, 3.05) is 0 Å². The molecule has 0 heterocycles. The van der Waals surface area contributed by atoms with Crippen molar-refractivity contribution in [2.45, 2.75) is 6.92 Å². The highest BCUT2D eigenvalue weighted by Crippen LogP contribution is 2.38. The second kappa shape index (κ2) is 4.19. The van der Waals surface area contributed by atoms with Gasteiger partial charge in [-0.3, -0.25) is 0 Å². The van der Waals surface area contributed by atoms with E-state index in [1.165, 1.54) is 0 Å². The van der Waals surface area contributed by atoms with Crippen LogP contribution in [0.25, 0.3) is 21.9 Å². The van der Waals surface area contributed by atoms with Crippen molar-refractivity contribution in [1.82, 2.24) is 0 Å². The van der Waals surface area contributed by atoms with Gasteiger partial charge >= 0.3 is 0 Å². The predicted molar refractivity (Wildman–Crippen MR) is 75.8 cm³/mol. The van der Waals surface area contributed by atoms with E-state index in [-0.39, 0.29) is 0 Å². The average Bonchev–Trinajstić information content (AvgIpc) is 2.41. The van der Waals surface area contributed by atoms with Crippen molar-refractivity contribution in [3.8, 4) is 16.9 Å². The van der Waals surface area contributed by atoms with E-state index in [9.17, 15) is 5.11 Å². The number of phenols is 1. The lowest BCUT2D eigenvalue weighted by Crippen LogP contribution is -1.86. The monoisotopic (exact) mass is 234 g/mol. The Morgan fingerprint density at radius 3 is 2.28 bits per heavy atom. The van der Waals surface area contributed by atoms with Gasteiger partial charge in [0.15, 0.2) is 0 Å². The van der Waals surface area contributed by atoms with Crippen LogP contribution in [0.1, 0.15) is 5.56 Å². The minimum absolute atomic E-state index is 0.375. The lowest BCUT2D eigenvalue weighted by Gasteiger charge is -2.12. The number of aromatic hydroxyl groups is 1. The summed E-state index contributed by atoms with van der Waals surface area (Å²) in [4.78, 5) is 0. The maximum atomic E-state index is 10.3. The van der Waals surface area contributed by atoms with Gasteiger partial charge in [0, 0.05) is 5.56 Å². The molecule has 3 aromatic rings. The van der Waals surface area contributed by atoms with Crippen LogP contribution in [0.3, 0.4) is 0 Å². The zero-order valence-corrected chi connectivity index (χ0v) is 10.2. The number of benzene rings is 3. The van der Waals surface area contributed by atoms with Crippen LogP contribution in [0, 0.1) is 6.92 Å². The summed E-state index contributed by atoms with van der Waals surface area (Å²) in [5, 5.41) is 12.6. The van der Waals surface area contributed by atoms with Gasteiger partial charge in [-0.05, 0) is 34.9 Å². The first-order chi connectivity index (χ1) is 8.77. The molecule has 1 N–H and O–H groups in total. The zero-order chi connectivity index (χ0) is 12.5. The topological polar surface area (TPSA) is 20.2 Å². The molecule has 1 heteroatoms. The van der Waals surface area contributed by atoms with Gasteiger partial charge in [0.25, 0.3) is 0 Å². The Morgan fingerprint density at radius 1 is 0.833 bits per heavy atom. The Kier molecular flexibility index (Phi) is 2.52. The first kappa shape index (κ1) is 10.8. The SMILES string of the molecule is Cc1cc2ccccc2c(-c2ccccc2)c1O. The maximum Gasteiger partial charge on any atom is 0.126 e. The second-order valence-electron chi connectivity index (χ2n) is 4.50. The summed E-state index contributed by atoms with van der Waals surface area (Å²) in [6.45, 7) is 1.94. The van der Waals surface area contributed by atoms with Crippen LogP contribution in [0.2, 0.25) is 0 Å². The summed E-state index contributed by atoms with van der Waals surface area (Å²) in [5.74, 6) is 0.375. The first-order valence-corrected chi connectivity index (χ1v) is 6.04. The Labute approximate surface area is 106 Å². The van der Waals surface area contributed by atoms with Crippen LogP contribution < -0.4 is 0 Å². The van der Waals surface area contributed by atoms with Gasteiger partial charge in [0.2, 0.25) is 0 Å². The van der Waals surface area contributed by atoms with E-state index in [0.717, 1.165) is 27.5 Å². The summed E-state index contributed by atoms with van der Waals surface area (Å²) in [5.41, 5.74) is 2.88. The molecule has 0 unspecified atom stereocenters. The van der Waals surface area contributed by atoms with Gasteiger partial charge < -0.3 is 5.11 Å². The molecule has 0 atom stereocenters. The molecule has 0 saturated heterocycles. The van der Waals surface area contributed by atoms with Gasteiger partial charge in [0.1, 0.15) is 5.75 Å². The third-order valence-electron chi connectivity index (χ3n) is 3.27. The molecule has 0 bridgehead atoms. The van der Waals surface area contributed by atoms with Crippen molar-refractivity contribution in [3.63, 3.8) is 0 Å². The quantitative estimate of drug-likeness (QED) is 0.656. The van der Waals surface area contributed by atoms with E-state index in [1.54, 1.807) is 0 Å². The zero-order valence-electron chi connectivity index (χ0n) is 10.2. The predicted octanol–water partition coefficient (Wildman–Crippen LogP) is 4.52. The normalized spacial score (nSPS) is 10.7. The molecule has 88 valence electrons. The van der Waals surface area contributed by atoms with Crippen LogP contribution in [0.15, 0.2) is 60.7 Å². The summed E-state index contributed by atoms with van der Waals surface area (Å²) in [6, 6.07) is 20.2. The highest BCUT2D eigenvalue weighted by Gasteiger charge is 2.11. The molecule has 0 aliphatic carbocycles. The molecule has 0 radical (unpaired) electrons. The highest BCUT2D eigenvalue weighted by atomic mass is 16.3. The van der Waals surface area contributed by atoms with Crippen LogP contribution in [0.4, 0.5) is 0 Å². The maximum absolute atomic E-state index is 10.3. The molecule has 18 heavy (non-hydrogen) atoms. The van der Waals surface area contributed by atoms with E-state index >= 15 is 0 Å². The van der Waals surface area contributed by atoms with Gasteiger partial charge in [0.05, 0.1) is 0 Å². The third kappa shape index (κ3) is 1.65. The summed E-state index contributed by atoms with van der Waals surface area (Å²) in [7, 11) is 0. The Morgan fingerprint density at radius 2 is 1.50 bits per heavy atom. The molecule has 0 aliphatic heterocycles. The van der Waals surface area contributed by atoms with Gasteiger partial charge in [-0.15, -0.1) is 0 Å². The van der Waals surface area contributed by atoms with E-state index in [2.05, 4.69) is 12.1 Å². The van der Waals surface area contributed by atoms with Crippen molar-refractivity contribution in [1.29, 1.82) is 0 Å². The number of fused-ring (bicyclic) bond motifs is 1. The van der Waals surface area contributed by atoms with E-state index in [0.29, 0.717) is 5.75 Å². The average molecular weight is 234 g/mol. The van der Waals surface area contributed by atoms with Crippen molar-refractivity contribution in [2.24, 2.45) is 0 Å². The molecule has 0 aliphatic rings. The molecule has 0 aromatic heterocycles. The highest BCUT2D eigenvalue weighted by molar-refractivity contribution is 6.00. The van der Waals surface area contributed by atoms with Gasteiger partial charge in [-0.2, -0.15) is 0 Å². The molecule has 1 nitrogen and oxygen atoms in total. The summed E-state index contributed by atoms with van der Waals surface area (Å²) >= 11 is 0. The van der Waals surface area contributed by atoms with E-state index in [1.807, 2.05) is 55.5 Å². The minimum atomic E-state index is 0.375. The van der Waals surface area contributed by atoms with E-state index < -0.39 is 0 Å². The fraction of sp³-hybridized carbons (Fsp3) is 0.0588. The Balaban J connectivity index is 2.43. The first-order valence-electron chi connectivity index (χ1n) is 6.04. The summed E-state index contributed by atoms with van der Waals surface area (Å²) < 4.78 is 0. The van der Waals surface area contributed by atoms with E-state index in [4.69, 9.17) is 0 Å². The molecule has 0 spiro atoms.